The van der Waals surface area contributed by atoms with Crippen LogP contribution in [0.25, 0.3) is 0 Å². The average molecular weight is 329 g/mol. The lowest BCUT2D eigenvalue weighted by Gasteiger charge is -2.32. The summed E-state index contributed by atoms with van der Waals surface area (Å²) in [6, 6.07) is 7.56. The molecule has 0 spiro atoms. The van der Waals surface area contributed by atoms with E-state index in [4.69, 9.17) is 23.2 Å². The predicted octanol–water partition coefficient (Wildman–Crippen LogP) is 2.52. The second kappa shape index (κ2) is 7.14. The van der Waals surface area contributed by atoms with Crippen molar-refractivity contribution in [3.8, 4) is 0 Å². The number of rotatable bonds is 3. The van der Waals surface area contributed by atoms with Crippen LogP contribution in [0.1, 0.15) is 28.8 Å². The van der Waals surface area contributed by atoms with E-state index in [1.54, 1.807) is 11.0 Å². The molecule has 21 heavy (non-hydrogen) atoms. The third kappa shape index (κ3) is 4.35. The number of nitrogens with one attached hydrogen (secondary N) is 1. The van der Waals surface area contributed by atoms with Crippen LogP contribution in [0.15, 0.2) is 24.3 Å². The van der Waals surface area contributed by atoms with E-state index < -0.39 is 4.84 Å². The SMILES string of the molecule is Cc1cccc(C(=O)NC2CCN(C(=O)C(Cl)Cl)CC2)c1. The number of nitrogens with zero attached hydrogens (tertiary/aromatic N) is 1. The third-order valence-electron chi connectivity index (χ3n) is 3.61. The molecule has 0 saturated carbocycles. The molecule has 1 N–H and O–H groups in total. The monoisotopic (exact) mass is 328 g/mol. The number of carbonyl (C=O) groups is 2. The maximum absolute atomic E-state index is 12.2. The van der Waals surface area contributed by atoms with Gasteiger partial charge in [0.25, 0.3) is 11.8 Å². The highest BCUT2D eigenvalue weighted by Gasteiger charge is 2.26. The molecule has 114 valence electrons. The summed E-state index contributed by atoms with van der Waals surface area (Å²) in [5, 5.41) is 3.01. The van der Waals surface area contributed by atoms with Gasteiger partial charge in [-0.25, -0.2) is 0 Å². The summed E-state index contributed by atoms with van der Waals surface area (Å²) in [5.74, 6) is -0.335. The molecule has 2 rings (SSSR count). The molecule has 4 nitrogen and oxygen atoms in total. The lowest BCUT2D eigenvalue weighted by Crippen LogP contribution is -2.47. The number of likely N-dealkylation sites (tertiary alicyclic amines) is 1. The number of hydrogen-bond donors (Lipinski definition) is 1. The van der Waals surface area contributed by atoms with Crippen molar-refractivity contribution >= 4 is 35.0 Å². The molecule has 1 aromatic rings. The first kappa shape index (κ1) is 16.1. The Morgan fingerprint density at radius 1 is 1.29 bits per heavy atom. The van der Waals surface area contributed by atoms with E-state index in [0.29, 0.717) is 31.5 Å². The van der Waals surface area contributed by atoms with Crippen LogP contribution < -0.4 is 5.32 Å². The van der Waals surface area contributed by atoms with Gasteiger partial charge in [0.15, 0.2) is 4.84 Å². The molecule has 0 unspecified atom stereocenters. The zero-order chi connectivity index (χ0) is 15.4. The van der Waals surface area contributed by atoms with Gasteiger partial charge in [0, 0.05) is 24.7 Å². The van der Waals surface area contributed by atoms with E-state index >= 15 is 0 Å². The molecule has 2 amide bonds. The highest BCUT2D eigenvalue weighted by Crippen LogP contribution is 2.15. The maximum atomic E-state index is 12.2. The standard InChI is InChI=1S/C15H18Cl2N2O2/c1-10-3-2-4-11(9-10)14(20)18-12-5-7-19(8-6-12)15(21)13(16)17/h2-4,9,12-13H,5-8H2,1H3,(H,18,20). The van der Waals surface area contributed by atoms with E-state index in [1.807, 2.05) is 25.1 Å². The fraction of sp³-hybridized carbons (Fsp3) is 0.467. The van der Waals surface area contributed by atoms with Crippen molar-refractivity contribution in [1.82, 2.24) is 10.2 Å². The first-order chi connectivity index (χ1) is 9.97. The average Bonchev–Trinajstić information content (AvgIpc) is 2.47. The number of piperidine rings is 1. The maximum Gasteiger partial charge on any atom is 0.255 e. The molecule has 0 radical (unpaired) electrons. The minimum Gasteiger partial charge on any atom is -0.349 e. The topological polar surface area (TPSA) is 49.4 Å². The van der Waals surface area contributed by atoms with Crippen LogP contribution in [-0.2, 0) is 4.79 Å². The minimum absolute atomic E-state index is 0.0731. The second-order valence-corrected chi connectivity index (χ2v) is 6.34. The van der Waals surface area contributed by atoms with Gasteiger partial charge in [0.05, 0.1) is 0 Å². The Bertz CT molecular complexity index is 526. The Hall–Kier alpha value is -1.26. The fourth-order valence-corrected chi connectivity index (χ4v) is 2.71. The van der Waals surface area contributed by atoms with Crippen molar-refractivity contribution in [2.75, 3.05) is 13.1 Å². The highest BCUT2D eigenvalue weighted by molar-refractivity contribution is 6.53. The van der Waals surface area contributed by atoms with Gasteiger partial charge in [0.1, 0.15) is 0 Å². The number of aryl methyl sites for hydroxylation is 1. The van der Waals surface area contributed by atoms with Crippen LogP contribution in [0.5, 0.6) is 0 Å². The van der Waals surface area contributed by atoms with Crippen molar-refractivity contribution in [3.05, 3.63) is 35.4 Å². The van der Waals surface area contributed by atoms with Crippen LogP contribution in [0.2, 0.25) is 0 Å². The molecule has 0 atom stereocenters. The molecular formula is C15H18Cl2N2O2. The highest BCUT2D eigenvalue weighted by atomic mass is 35.5. The van der Waals surface area contributed by atoms with Gasteiger partial charge in [-0.3, -0.25) is 9.59 Å². The fourth-order valence-electron chi connectivity index (χ4n) is 2.44. The molecule has 0 aliphatic carbocycles. The van der Waals surface area contributed by atoms with Gasteiger partial charge >= 0.3 is 0 Å². The summed E-state index contributed by atoms with van der Waals surface area (Å²) < 4.78 is 0. The third-order valence-corrected chi connectivity index (χ3v) is 3.98. The number of amides is 2. The van der Waals surface area contributed by atoms with Crippen molar-refractivity contribution in [2.24, 2.45) is 0 Å². The van der Waals surface area contributed by atoms with Gasteiger partial charge in [-0.15, -0.1) is 0 Å². The second-order valence-electron chi connectivity index (χ2n) is 5.24. The molecule has 0 bridgehead atoms. The molecule has 1 heterocycles. The lowest BCUT2D eigenvalue weighted by atomic mass is 10.0. The quantitative estimate of drug-likeness (QED) is 0.867. The van der Waals surface area contributed by atoms with E-state index in [0.717, 1.165) is 5.56 Å². The molecule has 1 aliphatic heterocycles. The Kier molecular flexibility index (Phi) is 5.48. The summed E-state index contributed by atoms with van der Waals surface area (Å²) >= 11 is 11.2. The zero-order valence-electron chi connectivity index (χ0n) is 11.8. The largest absolute Gasteiger partial charge is 0.349 e. The normalized spacial score (nSPS) is 16.1. The number of carbonyl (C=O) groups excluding carboxylic acids is 2. The predicted molar refractivity (Wildman–Crippen MR) is 83.7 cm³/mol. The van der Waals surface area contributed by atoms with Gasteiger partial charge in [-0.2, -0.15) is 0 Å². The van der Waals surface area contributed by atoms with Gasteiger partial charge in [-0.1, -0.05) is 40.9 Å². The smallest absolute Gasteiger partial charge is 0.255 e. The summed E-state index contributed by atoms with van der Waals surface area (Å²) in [6.45, 7) is 3.08. The van der Waals surface area contributed by atoms with Crippen LogP contribution in [0.3, 0.4) is 0 Å². The summed E-state index contributed by atoms with van der Waals surface area (Å²) in [7, 11) is 0. The van der Waals surface area contributed by atoms with Crippen molar-refractivity contribution < 1.29 is 9.59 Å². The molecule has 6 heteroatoms. The Morgan fingerprint density at radius 3 is 2.52 bits per heavy atom. The molecule has 1 aromatic carbocycles. The molecule has 1 fully saturated rings. The number of halogens is 2. The van der Waals surface area contributed by atoms with Crippen molar-refractivity contribution in [3.63, 3.8) is 0 Å². The molecular weight excluding hydrogens is 311 g/mol. The number of hydrogen-bond acceptors (Lipinski definition) is 2. The van der Waals surface area contributed by atoms with Gasteiger partial charge in [0.2, 0.25) is 0 Å². The Balaban J connectivity index is 1.86. The molecule has 1 aliphatic rings. The van der Waals surface area contributed by atoms with E-state index in [9.17, 15) is 9.59 Å². The van der Waals surface area contributed by atoms with Crippen LogP contribution >= 0.6 is 23.2 Å². The van der Waals surface area contributed by atoms with E-state index in [2.05, 4.69) is 5.32 Å². The van der Waals surface area contributed by atoms with Crippen LogP contribution in [0, 0.1) is 6.92 Å². The van der Waals surface area contributed by atoms with Gasteiger partial charge in [-0.05, 0) is 31.9 Å². The Morgan fingerprint density at radius 2 is 1.95 bits per heavy atom. The molecule has 0 aromatic heterocycles. The van der Waals surface area contributed by atoms with E-state index in [1.165, 1.54) is 0 Å². The summed E-state index contributed by atoms with van der Waals surface area (Å²) in [4.78, 5) is 24.4. The minimum atomic E-state index is -1.01. The zero-order valence-corrected chi connectivity index (χ0v) is 13.3. The first-order valence-corrected chi connectivity index (χ1v) is 7.79. The summed E-state index contributed by atoms with van der Waals surface area (Å²) in [6.07, 6.45) is 1.42. The van der Waals surface area contributed by atoms with Gasteiger partial charge < -0.3 is 10.2 Å². The first-order valence-electron chi connectivity index (χ1n) is 6.92. The number of benzene rings is 1. The van der Waals surface area contributed by atoms with Crippen molar-refractivity contribution in [1.29, 1.82) is 0 Å². The van der Waals surface area contributed by atoms with Crippen LogP contribution in [0.4, 0.5) is 0 Å². The lowest BCUT2D eigenvalue weighted by molar-refractivity contribution is -0.130. The van der Waals surface area contributed by atoms with E-state index in [-0.39, 0.29) is 17.9 Å². The van der Waals surface area contributed by atoms with Crippen molar-refractivity contribution in [2.45, 2.75) is 30.6 Å². The summed E-state index contributed by atoms with van der Waals surface area (Å²) in [5.41, 5.74) is 1.72. The Labute approximate surface area is 134 Å². The number of alkyl halides is 2. The van der Waals surface area contributed by atoms with Crippen LogP contribution in [-0.4, -0.2) is 40.7 Å². The molecule has 1 saturated heterocycles.